The predicted octanol–water partition coefficient (Wildman–Crippen LogP) is 4.81. The number of benzene rings is 2. The Bertz CT molecular complexity index is 692. The fourth-order valence-corrected chi connectivity index (χ4v) is 2.53. The molecule has 20 heavy (non-hydrogen) atoms. The van der Waals surface area contributed by atoms with Crippen molar-refractivity contribution in [1.82, 2.24) is 0 Å². The van der Waals surface area contributed by atoms with Crippen LogP contribution in [0.4, 0.5) is 0 Å². The van der Waals surface area contributed by atoms with Crippen molar-refractivity contribution in [2.24, 2.45) is 0 Å². The Balaban J connectivity index is 1.98. The Labute approximate surface area is 118 Å². The van der Waals surface area contributed by atoms with Crippen molar-refractivity contribution in [1.29, 1.82) is 0 Å². The Morgan fingerprint density at radius 2 is 1.75 bits per heavy atom. The van der Waals surface area contributed by atoms with E-state index < -0.39 is 0 Å². The first kappa shape index (κ1) is 12.7. The number of carbonyl (C=O) groups excluding carboxylic acids is 1. The third-order valence-electron chi connectivity index (χ3n) is 3.60. The minimum absolute atomic E-state index is 0.0508. The van der Waals surface area contributed by atoms with Gasteiger partial charge >= 0.3 is 0 Å². The van der Waals surface area contributed by atoms with Gasteiger partial charge in [-0.2, -0.15) is 0 Å². The Kier molecular flexibility index (Phi) is 3.38. The molecule has 0 aliphatic heterocycles. The molecular formula is C18H16O2. The number of hydrogen-bond acceptors (Lipinski definition) is 2. The van der Waals surface area contributed by atoms with E-state index in [2.05, 4.69) is 0 Å². The molecule has 0 radical (unpaired) electrons. The maximum absolute atomic E-state index is 12.7. The van der Waals surface area contributed by atoms with Gasteiger partial charge in [0.25, 0.3) is 0 Å². The third kappa shape index (κ3) is 2.25. The van der Waals surface area contributed by atoms with Crippen LogP contribution in [0.25, 0.3) is 11.0 Å². The Morgan fingerprint density at radius 3 is 2.45 bits per heavy atom. The van der Waals surface area contributed by atoms with E-state index in [0.29, 0.717) is 5.76 Å². The molecule has 0 fully saturated rings. The van der Waals surface area contributed by atoms with Gasteiger partial charge in [0.2, 0.25) is 5.78 Å². The summed E-state index contributed by atoms with van der Waals surface area (Å²) < 4.78 is 5.68. The number of fused-ring (bicyclic) bond motifs is 1. The Morgan fingerprint density at radius 1 is 1.05 bits per heavy atom. The number of hydrogen-bond donors (Lipinski definition) is 0. The number of rotatable bonds is 4. The van der Waals surface area contributed by atoms with Crippen molar-refractivity contribution in [2.75, 3.05) is 0 Å². The quantitative estimate of drug-likeness (QED) is 0.633. The summed E-state index contributed by atoms with van der Waals surface area (Å²) >= 11 is 0. The highest BCUT2D eigenvalue weighted by atomic mass is 16.3. The zero-order chi connectivity index (χ0) is 13.9. The van der Waals surface area contributed by atoms with E-state index >= 15 is 0 Å². The van der Waals surface area contributed by atoms with Gasteiger partial charge in [-0.1, -0.05) is 55.5 Å². The minimum Gasteiger partial charge on any atom is -0.453 e. The van der Waals surface area contributed by atoms with Gasteiger partial charge in [0.15, 0.2) is 5.76 Å². The maximum atomic E-state index is 12.7. The first-order valence-corrected chi connectivity index (χ1v) is 6.87. The lowest BCUT2D eigenvalue weighted by Gasteiger charge is -2.12. The summed E-state index contributed by atoms with van der Waals surface area (Å²) in [6.07, 6.45) is 0.764. The standard InChI is InChI=1S/C18H16O2/c1-2-15(13-8-4-3-5-9-13)18(19)17-12-14-10-6-7-11-16(14)20-17/h3-12,15H,2H2,1H3. The lowest BCUT2D eigenvalue weighted by Crippen LogP contribution is -2.11. The fraction of sp³-hybridized carbons (Fsp3) is 0.167. The molecule has 0 aliphatic rings. The largest absolute Gasteiger partial charge is 0.453 e. The second-order valence-electron chi connectivity index (χ2n) is 4.88. The highest BCUT2D eigenvalue weighted by molar-refractivity contribution is 6.01. The van der Waals surface area contributed by atoms with E-state index in [1.807, 2.05) is 67.6 Å². The zero-order valence-electron chi connectivity index (χ0n) is 11.4. The van der Waals surface area contributed by atoms with E-state index in [1.165, 1.54) is 0 Å². The highest BCUT2D eigenvalue weighted by Crippen LogP contribution is 2.27. The smallest absolute Gasteiger partial charge is 0.205 e. The first-order chi connectivity index (χ1) is 9.79. The van der Waals surface area contributed by atoms with Crippen LogP contribution in [0.1, 0.15) is 35.4 Å². The van der Waals surface area contributed by atoms with Crippen LogP contribution in [-0.4, -0.2) is 5.78 Å². The molecule has 0 N–H and O–H groups in total. The van der Waals surface area contributed by atoms with Gasteiger partial charge in [-0.05, 0) is 24.1 Å². The van der Waals surface area contributed by atoms with Gasteiger partial charge in [-0.3, -0.25) is 4.79 Å². The molecule has 2 nitrogen and oxygen atoms in total. The topological polar surface area (TPSA) is 30.2 Å². The zero-order valence-corrected chi connectivity index (χ0v) is 11.4. The molecule has 2 aromatic carbocycles. The normalized spacial score (nSPS) is 12.4. The molecule has 3 aromatic rings. The lowest BCUT2D eigenvalue weighted by molar-refractivity contribution is 0.0932. The molecule has 1 aromatic heterocycles. The summed E-state index contributed by atoms with van der Waals surface area (Å²) in [4.78, 5) is 12.7. The summed E-state index contributed by atoms with van der Waals surface area (Å²) in [7, 11) is 0. The van der Waals surface area contributed by atoms with E-state index in [4.69, 9.17) is 4.42 Å². The van der Waals surface area contributed by atoms with Crippen LogP contribution < -0.4 is 0 Å². The molecule has 3 rings (SSSR count). The molecule has 0 saturated carbocycles. The third-order valence-corrected chi connectivity index (χ3v) is 3.60. The van der Waals surface area contributed by atoms with E-state index in [-0.39, 0.29) is 11.7 Å². The summed E-state index contributed by atoms with van der Waals surface area (Å²) in [6.45, 7) is 2.03. The van der Waals surface area contributed by atoms with Gasteiger partial charge in [-0.25, -0.2) is 0 Å². The van der Waals surface area contributed by atoms with Gasteiger partial charge in [0.1, 0.15) is 5.58 Å². The van der Waals surface area contributed by atoms with Crippen LogP contribution in [0.15, 0.2) is 65.1 Å². The van der Waals surface area contributed by atoms with Gasteiger partial charge < -0.3 is 4.42 Å². The molecule has 0 bridgehead atoms. The average molecular weight is 264 g/mol. The van der Waals surface area contributed by atoms with Crippen molar-refractivity contribution in [2.45, 2.75) is 19.3 Å². The van der Waals surface area contributed by atoms with Crippen molar-refractivity contribution >= 4 is 16.8 Å². The summed E-state index contributed by atoms with van der Waals surface area (Å²) in [5, 5.41) is 0.971. The number of Topliss-reactive ketones (excluding diaryl/α,β-unsaturated/α-hetero) is 1. The summed E-state index contributed by atoms with van der Waals surface area (Å²) in [6, 6.07) is 19.4. The van der Waals surface area contributed by atoms with Crippen LogP contribution in [0.5, 0.6) is 0 Å². The second kappa shape index (κ2) is 5.33. The van der Waals surface area contributed by atoms with E-state index in [1.54, 1.807) is 0 Å². The first-order valence-electron chi connectivity index (χ1n) is 6.87. The average Bonchev–Trinajstić information content (AvgIpc) is 2.93. The molecule has 100 valence electrons. The molecule has 0 amide bonds. The minimum atomic E-state index is -0.142. The van der Waals surface area contributed by atoms with Gasteiger partial charge in [-0.15, -0.1) is 0 Å². The second-order valence-corrected chi connectivity index (χ2v) is 4.88. The number of carbonyl (C=O) groups is 1. The van der Waals surface area contributed by atoms with Crippen LogP contribution in [0.2, 0.25) is 0 Å². The summed E-state index contributed by atoms with van der Waals surface area (Å²) in [5.41, 5.74) is 1.80. The Hall–Kier alpha value is -2.35. The molecule has 0 saturated heterocycles. The molecule has 1 unspecified atom stereocenters. The van der Waals surface area contributed by atoms with Gasteiger partial charge in [0, 0.05) is 5.39 Å². The molecule has 1 atom stereocenters. The lowest BCUT2D eigenvalue weighted by atomic mass is 9.91. The van der Waals surface area contributed by atoms with Crippen LogP contribution in [-0.2, 0) is 0 Å². The number of ketones is 1. The molecular weight excluding hydrogens is 248 g/mol. The molecule has 1 heterocycles. The molecule has 0 aliphatic carbocycles. The SMILES string of the molecule is CCC(C(=O)c1cc2ccccc2o1)c1ccccc1. The van der Waals surface area contributed by atoms with Gasteiger partial charge in [0.05, 0.1) is 5.92 Å². The number of para-hydroxylation sites is 1. The number of furan rings is 1. The predicted molar refractivity (Wildman–Crippen MR) is 80.0 cm³/mol. The highest BCUT2D eigenvalue weighted by Gasteiger charge is 2.23. The van der Waals surface area contributed by atoms with E-state index in [0.717, 1.165) is 23.0 Å². The maximum Gasteiger partial charge on any atom is 0.205 e. The van der Waals surface area contributed by atoms with Crippen molar-refractivity contribution in [3.8, 4) is 0 Å². The van der Waals surface area contributed by atoms with Crippen molar-refractivity contribution in [3.05, 3.63) is 72.0 Å². The van der Waals surface area contributed by atoms with Crippen molar-refractivity contribution < 1.29 is 9.21 Å². The molecule has 2 heteroatoms. The summed E-state index contributed by atoms with van der Waals surface area (Å²) in [5.74, 6) is 0.355. The van der Waals surface area contributed by atoms with E-state index in [9.17, 15) is 4.79 Å². The fourth-order valence-electron chi connectivity index (χ4n) is 2.53. The molecule has 0 spiro atoms. The van der Waals surface area contributed by atoms with Crippen LogP contribution >= 0.6 is 0 Å². The monoisotopic (exact) mass is 264 g/mol. The van der Waals surface area contributed by atoms with Crippen molar-refractivity contribution in [3.63, 3.8) is 0 Å². The van der Waals surface area contributed by atoms with Crippen LogP contribution in [0.3, 0.4) is 0 Å². The van der Waals surface area contributed by atoms with Crippen LogP contribution in [0, 0.1) is 0 Å².